The topological polar surface area (TPSA) is 57.6 Å². The first-order chi connectivity index (χ1) is 10.8. The Labute approximate surface area is 136 Å². The van der Waals surface area contributed by atoms with Gasteiger partial charge in [0.2, 0.25) is 5.91 Å². The van der Waals surface area contributed by atoms with Gasteiger partial charge < -0.3 is 10.0 Å². The van der Waals surface area contributed by atoms with E-state index in [-0.39, 0.29) is 24.2 Å². The molecule has 2 unspecified atom stereocenters. The van der Waals surface area contributed by atoms with Crippen LogP contribution in [0.25, 0.3) is 0 Å². The Bertz CT molecular complexity index is 589. The number of piperidine rings is 1. The molecule has 1 aliphatic rings. The Hall–Kier alpha value is -1.91. The van der Waals surface area contributed by atoms with Crippen LogP contribution in [0.5, 0.6) is 0 Å². The lowest BCUT2D eigenvalue weighted by molar-refractivity contribution is -0.154. The molecular formula is C18H24FNO3. The third-order valence-electron chi connectivity index (χ3n) is 4.70. The van der Waals surface area contributed by atoms with Gasteiger partial charge in [0.1, 0.15) is 5.82 Å². The Morgan fingerprint density at radius 2 is 2.17 bits per heavy atom. The van der Waals surface area contributed by atoms with E-state index in [1.807, 2.05) is 13.0 Å². The maximum Gasteiger partial charge on any atom is 0.311 e. The predicted octanol–water partition coefficient (Wildman–Crippen LogP) is 3.11. The number of hydrogen-bond acceptors (Lipinski definition) is 2. The monoisotopic (exact) mass is 321 g/mol. The SMILES string of the molecule is CC(CCc1cccc(F)c1)C(=O)N1CCCC(C)(C(=O)O)C1. The normalized spacial score (nSPS) is 22.7. The Morgan fingerprint density at radius 1 is 1.43 bits per heavy atom. The number of benzene rings is 1. The lowest BCUT2D eigenvalue weighted by Crippen LogP contribution is -2.49. The van der Waals surface area contributed by atoms with Crippen molar-refractivity contribution in [3.05, 3.63) is 35.6 Å². The van der Waals surface area contributed by atoms with Gasteiger partial charge in [-0.25, -0.2) is 4.39 Å². The molecule has 1 amide bonds. The Kier molecular flexibility index (Phi) is 5.39. The lowest BCUT2D eigenvalue weighted by Gasteiger charge is -2.38. The van der Waals surface area contributed by atoms with Crippen molar-refractivity contribution in [1.29, 1.82) is 0 Å². The van der Waals surface area contributed by atoms with E-state index in [0.29, 0.717) is 32.2 Å². The van der Waals surface area contributed by atoms with Gasteiger partial charge in [0.25, 0.3) is 0 Å². The van der Waals surface area contributed by atoms with E-state index >= 15 is 0 Å². The van der Waals surface area contributed by atoms with Crippen LogP contribution in [-0.2, 0) is 16.0 Å². The van der Waals surface area contributed by atoms with Crippen molar-refractivity contribution < 1.29 is 19.1 Å². The van der Waals surface area contributed by atoms with Gasteiger partial charge in [-0.1, -0.05) is 19.1 Å². The lowest BCUT2D eigenvalue weighted by atomic mass is 9.81. The highest BCUT2D eigenvalue weighted by Gasteiger charge is 2.39. The first-order valence-corrected chi connectivity index (χ1v) is 8.08. The molecule has 0 aliphatic carbocycles. The maximum absolute atomic E-state index is 13.2. The second-order valence-electron chi connectivity index (χ2n) is 6.80. The summed E-state index contributed by atoms with van der Waals surface area (Å²) in [4.78, 5) is 25.6. The molecular weight excluding hydrogens is 297 g/mol. The average molecular weight is 321 g/mol. The number of carbonyl (C=O) groups is 2. The molecule has 0 aromatic heterocycles. The zero-order valence-electron chi connectivity index (χ0n) is 13.7. The largest absolute Gasteiger partial charge is 0.481 e. The smallest absolute Gasteiger partial charge is 0.311 e. The van der Waals surface area contributed by atoms with Crippen LogP contribution in [-0.4, -0.2) is 35.0 Å². The molecule has 0 bridgehead atoms. The van der Waals surface area contributed by atoms with E-state index in [0.717, 1.165) is 5.56 Å². The minimum Gasteiger partial charge on any atom is -0.481 e. The molecule has 0 spiro atoms. The molecule has 5 heteroatoms. The minimum absolute atomic E-state index is 0.00595. The fourth-order valence-electron chi connectivity index (χ4n) is 3.11. The van der Waals surface area contributed by atoms with Gasteiger partial charge in [-0.05, 0) is 50.3 Å². The van der Waals surface area contributed by atoms with E-state index in [4.69, 9.17) is 0 Å². The fraction of sp³-hybridized carbons (Fsp3) is 0.556. The first kappa shape index (κ1) is 17.4. The summed E-state index contributed by atoms with van der Waals surface area (Å²) in [5.74, 6) is -1.32. The third-order valence-corrected chi connectivity index (χ3v) is 4.70. The molecule has 2 atom stereocenters. The molecule has 2 rings (SSSR count). The van der Waals surface area contributed by atoms with E-state index in [1.54, 1.807) is 17.9 Å². The van der Waals surface area contributed by atoms with Crippen molar-refractivity contribution in [3.8, 4) is 0 Å². The summed E-state index contributed by atoms with van der Waals surface area (Å²) in [6.07, 6.45) is 2.58. The van der Waals surface area contributed by atoms with Gasteiger partial charge in [-0.3, -0.25) is 9.59 Å². The van der Waals surface area contributed by atoms with Gasteiger partial charge in [-0.15, -0.1) is 0 Å². The zero-order valence-corrected chi connectivity index (χ0v) is 13.7. The number of carboxylic acids is 1. The summed E-state index contributed by atoms with van der Waals surface area (Å²) in [5, 5.41) is 9.34. The standard InChI is InChI=1S/C18H24FNO3/c1-13(7-8-14-5-3-6-15(19)11-14)16(21)20-10-4-9-18(2,12-20)17(22)23/h3,5-6,11,13H,4,7-10,12H2,1-2H3,(H,22,23). The highest BCUT2D eigenvalue weighted by molar-refractivity contribution is 5.81. The Morgan fingerprint density at radius 3 is 2.83 bits per heavy atom. The van der Waals surface area contributed by atoms with E-state index < -0.39 is 11.4 Å². The van der Waals surface area contributed by atoms with Crippen LogP contribution < -0.4 is 0 Å². The van der Waals surface area contributed by atoms with Crippen molar-refractivity contribution in [2.75, 3.05) is 13.1 Å². The van der Waals surface area contributed by atoms with Crippen molar-refractivity contribution in [2.45, 2.75) is 39.5 Å². The van der Waals surface area contributed by atoms with E-state index in [2.05, 4.69) is 0 Å². The summed E-state index contributed by atoms with van der Waals surface area (Å²) in [6, 6.07) is 6.40. The maximum atomic E-state index is 13.2. The molecule has 1 fully saturated rings. The van der Waals surface area contributed by atoms with Gasteiger partial charge in [0.05, 0.1) is 5.41 Å². The summed E-state index contributed by atoms with van der Waals surface area (Å²) in [6.45, 7) is 4.44. The van der Waals surface area contributed by atoms with Gasteiger partial charge >= 0.3 is 5.97 Å². The van der Waals surface area contributed by atoms with Crippen LogP contribution in [0, 0.1) is 17.2 Å². The number of nitrogens with zero attached hydrogens (tertiary/aromatic N) is 1. The number of carbonyl (C=O) groups excluding carboxylic acids is 1. The number of hydrogen-bond donors (Lipinski definition) is 1. The van der Waals surface area contributed by atoms with Crippen LogP contribution in [0.4, 0.5) is 4.39 Å². The molecule has 0 radical (unpaired) electrons. The van der Waals surface area contributed by atoms with Crippen LogP contribution >= 0.6 is 0 Å². The van der Waals surface area contributed by atoms with Crippen molar-refractivity contribution in [1.82, 2.24) is 4.90 Å². The van der Waals surface area contributed by atoms with E-state index in [1.165, 1.54) is 12.1 Å². The average Bonchev–Trinajstić information content (AvgIpc) is 2.52. The zero-order chi connectivity index (χ0) is 17.0. The molecule has 1 aliphatic heterocycles. The molecule has 126 valence electrons. The second-order valence-corrected chi connectivity index (χ2v) is 6.80. The number of rotatable bonds is 5. The Balaban J connectivity index is 1.93. The summed E-state index contributed by atoms with van der Waals surface area (Å²) < 4.78 is 13.2. The number of amides is 1. The highest BCUT2D eigenvalue weighted by Crippen LogP contribution is 2.30. The summed E-state index contributed by atoms with van der Waals surface area (Å²) >= 11 is 0. The fourth-order valence-corrected chi connectivity index (χ4v) is 3.11. The molecule has 1 N–H and O–H groups in total. The minimum atomic E-state index is -0.851. The van der Waals surface area contributed by atoms with Crippen molar-refractivity contribution in [2.24, 2.45) is 11.3 Å². The number of carboxylic acid groups (broad SMARTS) is 1. The van der Waals surface area contributed by atoms with Crippen molar-refractivity contribution >= 4 is 11.9 Å². The van der Waals surface area contributed by atoms with Gasteiger partial charge in [0.15, 0.2) is 0 Å². The van der Waals surface area contributed by atoms with E-state index in [9.17, 15) is 19.1 Å². The summed E-state index contributed by atoms with van der Waals surface area (Å²) in [7, 11) is 0. The highest BCUT2D eigenvalue weighted by atomic mass is 19.1. The molecule has 0 saturated carbocycles. The number of aryl methyl sites for hydroxylation is 1. The predicted molar refractivity (Wildman–Crippen MR) is 85.4 cm³/mol. The van der Waals surface area contributed by atoms with Crippen LogP contribution in [0.3, 0.4) is 0 Å². The molecule has 23 heavy (non-hydrogen) atoms. The third kappa shape index (κ3) is 4.30. The molecule has 1 heterocycles. The van der Waals surface area contributed by atoms with Crippen LogP contribution in [0.15, 0.2) is 24.3 Å². The first-order valence-electron chi connectivity index (χ1n) is 8.08. The molecule has 1 saturated heterocycles. The van der Waals surface area contributed by atoms with Gasteiger partial charge in [-0.2, -0.15) is 0 Å². The molecule has 4 nitrogen and oxygen atoms in total. The number of halogens is 1. The van der Waals surface area contributed by atoms with Crippen LogP contribution in [0.1, 0.15) is 38.7 Å². The van der Waals surface area contributed by atoms with Crippen molar-refractivity contribution in [3.63, 3.8) is 0 Å². The second kappa shape index (κ2) is 7.11. The number of likely N-dealkylation sites (tertiary alicyclic amines) is 1. The van der Waals surface area contributed by atoms with Crippen LogP contribution in [0.2, 0.25) is 0 Å². The van der Waals surface area contributed by atoms with Gasteiger partial charge in [0, 0.05) is 19.0 Å². The molecule has 1 aromatic carbocycles. The summed E-state index contributed by atoms with van der Waals surface area (Å²) in [5.41, 5.74) is 0.0228. The number of aliphatic carboxylic acids is 1. The molecule has 1 aromatic rings. The quantitative estimate of drug-likeness (QED) is 0.906.